The lowest BCUT2D eigenvalue weighted by Gasteiger charge is -2.08. The molecule has 0 bridgehead atoms. The van der Waals surface area contributed by atoms with Gasteiger partial charge in [0.25, 0.3) is 5.91 Å². The smallest absolute Gasteiger partial charge is 0.267 e. The lowest BCUT2D eigenvalue weighted by atomic mass is 10.1. The number of hydroxylamine groups is 1. The average Bonchev–Trinajstić information content (AvgIpc) is 3.01. The summed E-state index contributed by atoms with van der Waals surface area (Å²) in [4.78, 5) is 18.6. The van der Waals surface area contributed by atoms with Gasteiger partial charge in [-0.2, -0.15) is 0 Å². The van der Waals surface area contributed by atoms with Gasteiger partial charge in [0.2, 0.25) is 0 Å². The molecule has 4 N–H and O–H groups in total. The van der Waals surface area contributed by atoms with Gasteiger partial charge in [-0.25, -0.2) is 10.5 Å². The van der Waals surface area contributed by atoms with Crippen molar-refractivity contribution < 1.29 is 10.0 Å². The molecule has 6 heteroatoms. The Morgan fingerprint density at radius 1 is 1.26 bits per heavy atom. The van der Waals surface area contributed by atoms with Crippen LogP contribution in [0, 0.1) is 0 Å². The summed E-state index contributed by atoms with van der Waals surface area (Å²) in [6.45, 7) is 0.605. The van der Waals surface area contributed by atoms with Gasteiger partial charge in [0.05, 0.1) is 6.54 Å². The van der Waals surface area contributed by atoms with Crippen LogP contribution in [0.3, 0.4) is 0 Å². The molecule has 0 saturated heterocycles. The molecule has 2 aromatic heterocycles. The molecule has 6 nitrogen and oxygen atoms in total. The van der Waals surface area contributed by atoms with E-state index in [9.17, 15) is 4.79 Å². The van der Waals surface area contributed by atoms with Gasteiger partial charge in [-0.1, -0.05) is 18.2 Å². The first-order valence-corrected chi connectivity index (χ1v) is 7.14. The lowest BCUT2D eigenvalue weighted by molar-refractivity contribution is -0.124. The highest BCUT2D eigenvalue weighted by Gasteiger charge is 2.03. The molecule has 3 rings (SSSR count). The predicted octanol–water partition coefficient (Wildman–Crippen LogP) is 2.69. The summed E-state index contributed by atoms with van der Waals surface area (Å²) in [5.74, 6) is -0.568. The van der Waals surface area contributed by atoms with Crippen LogP contribution in [0.25, 0.3) is 17.1 Å². The van der Waals surface area contributed by atoms with Crippen LogP contribution < -0.4 is 10.8 Å². The Labute approximate surface area is 132 Å². The van der Waals surface area contributed by atoms with Crippen LogP contribution in [-0.2, 0) is 11.3 Å². The predicted molar refractivity (Wildman–Crippen MR) is 88.8 cm³/mol. The molecule has 23 heavy (non-hydrogen) atoms. The van der Waals surface area contributed by atoms with Crippen molar-refractivity contribution in [3.63, 3.8) is 0 Å². The quantitative estimate of drug-likeness (QED) is 0.331. The van der Waals surface area contributed by atoms with Crippen molar-refractivity contribution in [2.75, 3.05) is 5.32 Å². The largest absolute Gasteiger partial charge is 0.379 e. The molecule has 0 fully saturated rings. The van der Waals surface area contributed by atoms with Crippen molar-refractivity contribution in [2.24, 2.45) is 0 Å². The number of carbonyl (C=O) groups excluding carboxylic acids is 1. The second-order valence-corrected chi connectivity index (χ2v) is 4.99. The van der Waals surface area contributed by atoms with E-state index in [4.69, 9.17) is 5.21 Å². The van der Waals surface area contributed by atoms with Crippen LogP contribution >= 0.6 is 0 Å². The molecule has 0 atom stereocenters. The van der Waals surface area contributed by atoms with Crippen molar-refractivity contribution in [1.29, 1.82) is 0 Å². The fourth-order valence-electron chi connectivity index (χ4n) is 2.31. The van der Waals surface area contributed by atoms with E-state index in [1.54, 1.807) is 17.8 Å². The SMILES string of the molecule is O=C(C=Cc1ccccc1NCc1cc2cccnc2[nH]1)NO. The van der Waals surface area contributed by atoms with Gasteiger partial charge in [0, 0.05) is 29.0 Å². The van der Waals surface area contributed by atoms with E-state index in [-0.39, 0.29) is 0 Å². The minimum Gasteiger partial charge on any atom is -0.379 e. The van der Waals surface area contributed by atoms with Crippen LogP contribution in [0.2, 0.25) is 0 Å². The number of aromatic nitrogens is 2. The molecule has 0 aliphatic heterocycles. The summed E-state index contributed by atoms with van der Waals surface area (Å²) in [5, 5.41) is 12.9. The van der Waals surface area contributed by atoms with Gasteiger partial charge in [-0.05, 0) is 35.9 Å². The number of carbonyl (C=O) groups is 1. The van der Waals surface area contributed by atoms with E-state index >= 15 is 0 Å². The monoisotopic (exact) mass is 308 g/mol. The second kappa shape index (κ2) is 6.76. The van der Waals surface area contributed by atoms with E-state index in [1.807, 2.05) is 42.5 Å². The number of para-hydroxylation sites is 1. The Morgan fingerprint density at radius 3 is 2.96 bits per heavy atom. The Kier molecular flexibility index (Phi) is 4.35. The first-order valence-electron chi connectivity index (χ1n) is 7.14. The molecule has 1 amide bonds. The number of anilines is 1. The summed E-state index contributed by atoms with van der Waals surface area (Å²) in [6.07, 6.45) is 4.66. The maximum atomic E-state index is 11.1. The van der Waals surface area contributed by atoms with Gasteiger partial charge in [0.15, 0.2) is 0 Å². The number of hydrogen-bond donors (Lipinski definition) is 4. The number of amides is 1. The first-order chi connectivity index (χ1) is 11.3. The highest BCUT2D eigenvalue weighted by atomic mass is 16.5. The normalized spacial score (nSPS) is 11.0. The van der Waals surface area contributed by atoms with Crippen molar-refractivity contribution in [3.05, 3.63) is 66.0 Å². The molecular weight excluding hydrogens is 292 g/mol. The van der Waals surface area contributed by atoms with Crippen LogP contribution in [-0.4, -0.2) is 21.1 Å². The fraction of sp³-hybridized carbons (Fsp3) is 0.0588. The second-order valence-electron chi connectivity index (χ2n) is 4.99. The number of fused-ring (bicyclic) bond motifs is 1. The van der Waals surface area contributed by atoms with Crippen LogP contribution in [0.15, 0.2) is 54.7 Å². The van der Waals surface area contributed by atoms with Gasteiger partial charge in [0.1, 0.15) is 5.65 Å². The van der Waals surface area contributed by atoms with E-state index < -0.39 is 5.91 Å². The van der Waals surface area contributed by atoms with Gasteiger partial charge in [-0.3, -0.25) is 10.0 Å². The minimum absolute atomic E-state index is 0.568. The number of benzene rings is 1. The molecule has 2 heterocycles. The zero-order valence-corrected chi connectivity index (χ0v) is 12.3. The van der Waals surface area contributed by atoms with Crippen molar-refractivity contribution in [2.45, 2.75) is 6.54 Å². The standard InChI is InChI=1S/C17H16N4O2/c22-16(21-23)8-7-12-4-1-2-6-15(12)19-11-14-10-13-5-3-9-18-17(13)20-14/h1-10,19,23H,11H2,(H,18,20)(H,21,22). The number of hydrogen-bond acceptors (Lipinski definition) is 4. The third-order valence-electron chi connectivity index (χ3n) is 3.40. The Hall–Kier alpha value is -3.12. The molecule has 0 aliphatic carbocycles. The minimum atomic E-state index is -0.568. The Morgan fingerprint density at radius 2 is 2.13 bits per heavy atom. The van der Waals surface area contributed by atoms with E-state index in [1.165, 1.54) is 6.08 Å². The molecule has 0 radical (unpaired) electrons. The zero-order valence-electron chi connectivity index (χ0n) is 12.3. The summed E-state index contributed by atoms with van der Waals surface area (Å²) in [5.41, 5.74) is 5.19. The summed E-state index contributed by atoms with van der Waals surface area (Å²) in [6, 6.07) is 13.6. The van der Waals surface area contributed by atoms with E-state index in [2.05, 4.69) is 15.3 Å². The zero-order chi connectivity index (χ0) is 16.1. The topological polar surface area (TPSA) is 90.0 Å². The number of nitrogens with one attached hydrogen (secondary N) is 3. The molecular formula is C17H16N4O2. The molecule has 116 valence electrons. The summed E-state index contributed by atoms with van der Waals surface area (Å²) >= 11 is 0. The average molecular weight is 308 g/mol. The number of H-pyrrole nitrogens is 1. The number of nitrogens with zero attached hydrogens (tertiary/aromatic N) is 1. The highest BCUT2D eigenvalue weighted by molar-refractivity contribution is 5.91. The molecule has 0 aliphatic rings. The Balaban J connectivity index is 1.75. The van der Waals surface area contributed by atoms with Gasteiger partial charge >= 0.3 is 0 Å². The van der Waals surface area contributed by atoms with Crippen molar-refractivity contribution >= 4 is 28.7 Å². The fourth-order valence-corrected chi connectivity index (χ4v) is 2.31. The van der Waals surface area contributed by atoms with Gasteiger partial charge in [-0.15, -0.1) is 0 Å². The van der Waals surface area contributed by atoms with E-state index in [0.717, 1.165) is 28.0 Å². The Bertz CT molecular complexity index is 821. The molecule has 1 aromatic carbocycles. The molecule has 3 aromatic rings. The third-order valence-corrected chi connectivity index (χ3v) is 3.40. The first kappa shape index (κ1) is 14.8. The number of pyridine rings is 1. The maximum Gasteiger partial charge on any atom is 0.267 e. The lowest BCUT2D eigenvalue weighted by Crippen LogP contribution is -2.14. The van der Waals surface area contributed by atoms with E-state index in [0.29, 0.717) is 6.54 Å². The number of rotatable bonds is 5. The van der Waals surface area contributed by atoms with Crippen molar-refractivity contribution in [1.82, 2.24) is 15.4 Å². The molecule has 0 unspecified atom stereocenters. The van der Waals surface area contributed by atoms with Crippen LogP contribution in [0.4, 0.5) is 5.69 Å². The molecule has 0 spiro atoms. The summed E-state index contributed by atoms with van der Waals surface area (Å²) < 4.78 is 0. The van der Waals surface area contributed by atoms with Crippen LogP contribution in [0.1, 0.15) is 11.3 Å². The maximum absolute atomic E-state index is 11.1. The van der Waals surface area contributed by atoms with Gasteiger partial charge < -0.3 is 10.3 Å². The van der Waals surface area contributed by atoms with Crippen LogP contribution in [0.5, 0.6) is 0 Å². The molecule has 0 saturated carbocycles. The van der Waals surface area contributed by atoms with Crippen molar-refractivity contribution in [3.8, 4) is 0 Å². The highest BCUT2D eigenvalue weighted by Crippen LogP contribution is 2.19. The third kappa shape index (κ3) is 3.56. The summed E-state index contributed by atoms with van der Waals surface area (Å²) in [7, 11) is 0. The number of aromatic amines is 1.